The van der Waals surface area contributed by atoms with E-state index in [1.807, 2.05) is 22.9 Å². The molecule has 1 aromatic carbocycles. The van der Waals surface area contributed by atoms with Crippen LogP contribution in [0.25, 0.3) is 0 Å². The Labute approximate surface area is 125 Å². The molecule has 1 atom stereocenters. The van der Waals surface area contributed by atoms with E-state index in [2.05, 4.69) is 24.2 Å². The summed E-state index contributed by atoms with van der Waals surface area (Å²) in [5.41, 5.74) is 1.82. The Kier molecular flexibility index (Phi) is 3.72. The average molecular weight is 286 g/mol. The van der Waals surface area contributed by atoms with E-state index in [1.54, 1.807) is 13.3 Å². The molecule has 4 nitrogen and oxygen atoms in total. The van der Waals surface area contributed by atoms with E-state index in [1.165, 1.54) is 5.56 Å². The van der Waals surface area contributed by atoms with Crippen molar-refractivity contribution in [1.82, 2.24) is 9.78 Å². The van der Waals surface area contributed by atoms with Gasteiger partial charge in [-0.2, -0.15) is 5.10 Å². The molecule has 0 saturated heterocycles. The summed E-state index contributed by atoms with van der Waals surface area (Å²) in [5, 5.41) is 15.4. The summed E-state index contributed by atoms with van der Waals surface area (Å²) < 4.78 is 7.29. The first-order valence-corrected chi connectivity index (χ1v) is 7.56. The highest BCUT2D eigenvalue weighted by Crippen LogP contribution is 2.57. The molecule has 0 spiro atoms. The molecule has 0 aliphatic heterocycles. The van der Waals surface area contributed by atoms with Gasteiger partial charge in [-0.25, -0.2) is 0 Å². The molecule has 1 fully saturated rings. The van der Waals surface area contributed by atoms with E-state index in [9.17, 15) is 5.11 Å². The number of rotatable bonds is 6. The number of aromatic nitrogens is 2. The second kappa shape index (κ2) is 5.53. The van der Waals surface area contributed by atoms with Crippen LogP contribution in [0.4, 0.5) is 0 Å². The van der Waals surface area contributed by atoms with Gasteiger partial charge in [0.1, 0.15) is 11.8 Å². The highest BCUT2D eigenvalue weighted by atomic mass is 16.5. The first-order valence-electron chi connectivity index (χ1n) is 7.56. The van der Waals surface area contributed by atoms with Crippen LogP contribution < -0.4 is 4.74 Å². The van der Waals surface area contributed by atoms with Crippen molar-refractivity contribution in [2.75, 3.05) is 7.11 Å². The van der Waals surface area contributed by atoms with Crippen molar-refractivity contribution >= 4 is 0 Å². The van der Waals surface area contributed by atoms with Crippen LogP contribution >= 0.6 is 0 Å². The van der Waals surface area contributed by atoms with E-state index in [0.29, 0.717) is 5.75 Å². The maximum atomic E-state index is 11.0. The molecule has 3 rings (SSSR count). The van der Waals surface area contributed by atoms with Crippen LogP contribution in [-0.2, 0) is 12.0 Å². The minimum atomic E-state index is -0.580. The summed E-state index contributed by atoms with van der Waals surface area (Å²) in [6.45, 7) is 2.90. The molecule has 112 valence electrons. The van der Waals surface area contributed by atoms with Crippen LogP contribution in [0.2, 0.25) is 0 Å². The fourth-order valence-corrected chi connectivity index (χ4v) is 3.09. The van der Waals surface area contributed by atoms with E-state index < -0.39 is 6.10 Å². The smallest absolute Gasteiger partial charge is 0.162 e. The Morgan fingerprint density at radius 1 is 1.33 bits per heavy atom. The Hall–Kier alpha value is -1.81. The van der Waals surface area contributed by atoms with E-state index in [-0.39, 0.29) is 5.41 Å². The van der Waals surface area contributed by atoms with Crippen molar-refractivity contribution in [2.24, 2.45) is 0 Å². The van der Waals surface area contributed by atoms with Crippen LogP contribution in [-0.4, -0.2) is 22.0 Å². The number of aryl methyl sites for hydroxylation is 1. The predicted octanol–water partition coefficient (Wildman–Crippen LogP) is 3.07. The lowest BCUT2D eigenvalue weighted by Crippen LogP contribution is -2.22. The number of nitrogens with zero attached hydrogens (tertiary/aromatic N) is 2. The van der Waals surface area contributed by atoms with Crippen molar-refractivity contribution in [3.05, 3.63) is 47.8 Å². The van der Waals surface area contributed by atoms with Gasteiger partial charge in [0.05, 0.1) is 13.3 Å². The van der Waals surface area contributed by atoms with Gasteiger partial charge < -0.3 is 9.84 Å². The number of ether oxygens (including phenoxy) is 1. The third kappa shape index (κ3) is 2.33. The Morgan fingerprint density at radius 3 is 2.62 bits per heavy atom. The van der Waals surface area contributed by atoms with Crippen LogP contribution in [0.3, 0.4) is 0 Å². The standard InChI is InChI=1S/C17H22N2O2/c1-3-11-19-15(14(21-2)12-18-19)16(20)17(9-10-17)13-7-5-4-6-8-13/h4-8,12,16,20H,3,9-11H2,1-2H3. The molecule has 1 N–H and O–H groups in total. The van der Waals surface area contributed by atoms with Gasteiger partial charge >= 0.3 is 0 Å². The molecule has 1 unspecified atom stereocenters. The van der Waals surface area contributed by atoms with Gasteiger partial charge in [-0.15, -0.1) is 0 Å². The molecule has 1 aliphatic carbocycles. The van der Waals surface area contributed by atoms with Gasteiger partial charge in [0.15, 0.2) is 5.75 Å². The third-order valence-electron chi connectivity index (χ3n) is 4.42. The molecule has 0 radical (unpaired) electrons. The maximum Gasteiger partial charge on any atom is 0.162 e. The van der Waals surface area contributed by atoms with Crippen LogP contribution in [0.15, 0.2) is 36.5 Å². The summed E-state index contributed by atoms with van der Waals surface area (Å²) in [6, 6.07) is 10.3. The SMILES string of the molecule is CCCn1ncc(OC)c1C(O)C1(c2ccccc2)CC1. The quantitative estimate of drug-likeness (QED) is 0.887. The normalized spacial score (nSPS) is 17.5. The number of aliphatic hydroxyl groups is 1. The van der Waals surface area contributed by atoms with Gasteiger partial charge in [0, 0.05) is 12.0 Å². The van der Waals surface area contributed by atoms with Gasteiger partial charge in [0.25, 0.3) is 0 Å². The molecular weight excluding hydrogens is 264 g/mol. The number of methoxy groups -OCH3 is 1. The molecule has 1 aromatic heterocycles. The summed E-state index contributed by atoms with van der Waals surface area (Å²) in [6.07, 6.45) is 4.10. The first kappa shape index (κ1) is 14.1. The molecular formula is C17H22N2O2. The van der Waals surface area contributed by atoms with Crippen LogP contribution in [0, 0.1) is 0 Å². The van der Waals surface area contributed by atoms with E-state index in [0.717, 1.165) is 31.5 Å². The Morgan fingerprint density at radius 2 is 2.05 bits per heavy atom. The number of hydrogen-bond acceptors (Lipinski definition) is 3. The zero-order valence-corrected chi connectivity index (χ0v) is 12.6. The number of benzene rings is 1. The third-order valence-corrected chi connectivity index (χ3v) is 4.42. The predicted molar refractivity (Wildman–Crippen MR) is 81.4 cm³/mol. The lowest BCUT2D eigenvalue weighted by atomic mass is 9.88. The molecule has 2 aromatic rings. The Bertz CT molecular complexity index is 603. The van der Waals surface area contributed by atoms with Crippen molar-refractivity contribution in [2.45, 2.75) is 44.2 Å². The first-order chi connectivity index (χ1) is 10.2. The average Bonchev–Trinajstić information content (AvgIpc) is 3.24. The molecule has 1 aliphatic rings. The summed E-state index contributed by atoms with van der Waals surface area (Å²) in [4.78, 5) is 0. The van der Waals surface area contributed by atoms with Gasteiger partial charge in [-0.1, -0.05) is 37.3 Å². The number of hydrogen-bond donors (Lipinski definition) is 1. The van der Waals surface area contributed by atoms with Crippen LogP contribution in [0.1, 0.15) is 43.5 Å². The van der Waals surface area contributed by atoms with Crippen molar-refractivity contribution in [3.8, 4) is 5.75 Å². The molecule has 1 heterocycles. The molecule has 0 amide bonds. The highest BCUT2D eigenvalue weighted by molar-refractivity contribution is 5.39. The van der Waals surface area contributed by atoms with Crippen molar-refractivity contribution < 1.29 is 9.84 Å². The van der Waals surface area contributed by atoms with Crippen molar-refractivity contribution in [3.63, 3.8) is 0 Å². The minimum Gasteiger partial charge on any atom is -0.493 e. The fraction of sp³-hybridized carbons (Fsp3) is 0.471. The maximum absolute atomic E-state index is 11.0. The molecule has 21 heavy (non-hydrogen) atoms. The van der Waals surface area contributed by atoms with Crippen LogP contribution in [0.5, 0.6) is 5.75 Å². The zero-order valence-electron chi connectivity index (χ0n) is 12.6. The highest BCUT2D eigenvalue weighted by Gasteiger charge is 2.52. The fourth-order valence-electron chi connectivity index (χ4n) is 3.09. The monoisotopic (exact) mass is 286 g/mol. The Balaban J connectivity index is 1.99. The van der Waals surface area contributed by atoms with Gasteiger partial charge in [-0.3, -0.25) is 4.68 Å². The van der Waals surface area contributed by atoms with E-state index >= 15 is 0 Å². The summed E-state index contributed by atoms with van der Waals surface area (Å²) in [5.74, 6) is 0.679. The second-order valence-electron chi connectivity index (χ2n) is 5.75. The summed E-state index contributed by atoms with van der Waals surface area (Å²) in [7, 11) is 1.63. The number of aliphatic hydroxyl groups excluding tert-OH is 1. The van der Waals surface area contributed by atoms with E-state index in [4.69, 9.17) is 4.74 Å². The summed E-state index contributed by atoms with van der Waals surface area (Å²) >= 11 is 0. The topological polar surface area (TPSA) is 47.3 Å². The van der Waals surface area contributed by atoms with Crippen molar-refractivity contribution in [1.29, 1.82) is 0 Å². The zero-order chi connectivity index (χ0) is 14.9. The lowest BCUT2D eigenvalue weighted by Gasteiger charge is -2.24. The molecule has 4 heteroatoms. The van der Waals surface area contributed by atoms with Gasteiger partial charge in [0.2, 0.25) is 0 Å². The lowest BCUT2D eigenvalue weighted by molar-refractivity contribution is 0.119. The molecule has 0 bridgehead atoms. The minimum absolute atomic E-state index is 0.180. The van der Waals surface area contributed by atoms with Gasteiger partial charge in [-0.05, 0) is 24.8 Å². The largest absolute Gasteiger partial charge is 0.493 e. The second-order valence-corrected chi connectivity index (χ2v) is 5.75. The molecule has 1 saturated carbocycles.